The maximum atomic E-state index is 13.1. The van der Waals surface area contributed by atoms with Gasteiger partial charge in [0.1, 0.15) is 0 Å². The van der Waals surface area contributed by atoms with Gasteiger partial charge in [0.05, 0.1) is 27.7 Å². The molecule has 0 saturated carbocycles. The normalized spacial score (nSPS) is 11.5. The van der Waals surface area contributed by atoms with Gasteiger partial charge in [0, 0.05) is 18.2 Å². The van der Waals surface area contributed by atoms with Gasteiger partial charge in [-0.15, -0.1) is 0 Å². The van der Waals surface area contributed by atoms with E-state index in [0.29, 0.717) is 5.56 Å². The number of benzene rings is 2. The molecule has 27 heavy (non-hydrogen) atoms. The number of likely N-dealkylation sites (N-methyl/N-ethyl adjacent to an activating group) is 1. The molecule has 2 rings (SSSR count). The number of carbonyl (C=O) groups is 1. The Hall–Kier alpha value is -2.65. The van der Waals surface area contributed by atoms with E-state index in [4.69, 9.17) is 11.6 Å². The highest BCUT2D eigenvalue weighted by molar-refractivity contribution is 6.34. The molecule has 2 aromatic rings. The Labute approximate surface area is 157 Å². The van der Waals surface area contributed by atoms with E-state index in [2.05, 4.69) is 5.32 Å². The molecule has 0 atom stereocenters. The van der Waals surface area contributed by atoms with Crippen LogP contribution in [0, 0.1) is 10.1 Å². The van der Waals surface area contributed by atoms with Crippen LogP contribution in [0.3, 0.4) is 0 Å². The monoisotopic (exact) mass is 401 g/mol. The molecular weight excluding hydrogens is 387 g/mol. The van der Waals surface area contributed by atoms with E-state index in [-0.39, 0.29) is 23.8 Å². The number of nitro groups is 1. The van der Waals surface area contributed by atoms with Crippen molar-refractivity contribution in [1.82, 2.24) is 4.90 Å². The Kier molecular flexibility index (Phi) is 6.40. The SMILES string of the molecule is CN(CC(=O)Nc1c(Cl)cccc1C(F)(F)F)Cc1ccccc1[N+](=O)[O-]. The van der Waals surface area contributed by atoms with Crippen LogP contribution in [-0.4, -0.2) is 29.3 Å². The van der Waals surface area contributed by atoms with Crippen molar-refractivity contribution >= 4 is 28.9 Å². The minimum atomic E-state index is -4.68. The molecule has 2 aromatic carbocycles. The van der Waals surface area contributed by atoms with Crippen LogP contribution in [0.5, 0.6) is 0 Å². The Morgan fingerprint density at radius 3 is 2.52 bits per heavy atom. The van der Waals surface area contributed by atoms with Crippen molar-refractivity contribution in [2.75, 3.05) is 18.9 Å². The molecule has 144 valence electrons. The summed E-state index contributed by atoms with van der Waals surface area (Å²) >= 11 is 5.80. The molecule has 0 aromatic heterocycles. The third-order valence-corrected chi connectivity index (χ3v) is 3.94. The van der Waals surface area contributed by atoms with E-state index >= 15 is 0 Å². The summed E-state index contributed by atoms with van der Waals surface area (Å²) in [6, 6.07) is 9.22. The van der Waals surface area contributed by atoms with Crippen molar-refractivity contribution in [1.29, 1.82) is 0 Å². The lowest BCUT2D eigenvalue weighted by molar-refractivity contribution is -0.385. The number of hydrogen-bond acceptors (Lipinski definition) is 4. The first-order chi connectivity index (χ1) is 12.6. The molecule has 0 unspecified atom stereocenters. The summed E-state index contributed by atoms with van der Waals surface area (Å²) in [6.07, 6.45) is -4.68. The standard InChI is InChI=1S/C17H15ClF3N3O3/c1-23(9-11-5-2-3-8-14(11)24(26)27)10-15(25)22-16-12(17(19,20)21)6-4-7-13(16)18/h2-8H,9-10H2,1H3,(H,22,25). The highest BCUT2D eigenvalue weighted by Crippen LogP contribution is 2.38. The third kappa shape index (κ3) is 5.41. The largest absolute Gasteiger partial charge is 0.418 e. The number of carbonyl (C=O) groups excluding carboxylic acids is 1. The quantitative estimate of drug-likeness (QED) is 0.577. The second kappa shape index (κ2) is 8.36. The van der Waals surface area contributed by atoms with Crippen LogP contribution < -0.4 is 5.32 Å². The Bertz CT molecular complexity index is 859. The lowest BCUT2D eigenvalue weighted by Gasteiger charge is -2.18. The van der Waals surface area contributed by atoms with Crippen molar-refractivity contribution < 1.29 is 22.9 Å². The number of nitrogens with one attached hydrogen (secondary N) is 1. The van der Waals surface area contributed by atoms with Crippen LogP contribution in [0.1, 0.15) is 11.1 Å². The molecule has 0 fully saturated rings. The molecule has 0 aliphatic heterocycles. The number of amides is 1. The summed E-state index contributed by atoms with van der Waals surface area (Å²) in [5, 5.41) is 13.0. The van der Waals surface area contributed by atoms with E-state index in [1.54, 1.807) is 12.1 Å². The van der Waals surface area contributed by atoms with E-state index in [9.17, 15) is 28.1 Å². The Balaban J connectivity index is 2.10. The minimum Gasteiger partial charge on any atom is -0.323 e. The average Bonchev–Trinajstić information content (AvgIpc) is 2.55. The number of nitrogens with zero attached hydrogens (tertiary/aromatic N) is 2. The van der Waals surface area contributed by atoms with Gasteiger partial charge in [0.15, 0.2) is 0 Å². The molecule has 0 aliphatic carbocycles. The van der Waals surface area contributed by atoms with Gasteiger partial charge in [-0.3, -0.25) is 19.8 Å². The van der Waals surface area contributed by atoms with Crippen LogP contribution in [0.15, 0.2) is 42.5 Å². The van der Waals surface area contributed by atoms with E-state index in [1.165, 1.54) is 30.1 Å². The number of anilines is 1. The molecule has 6 nitrogen and oxygen atoms in total. The highest BCUT2D eigenvalue weighted by Gasteiger charge is 2.34. The summed E-state index contributed by atoms with van der Waals surface area (Å²) < 4.78 is 39.2. The Morgan fingerprint density at radius 1 is 1.22 bits per heavy atom. The van der Waals surface area contributed by atoms with Gasteiger partial charge in [0.2, 0.25) is 5.91 Å². The summed E-state index contributed by atoms with van der Waals surface area (Å²) in [5.41, 5.74) is -1.29. The molecule has 0 aliphatic rings. The number of para-hydroxylation sites is 2. The van der Waals surface area contributed by atoms with Gasteiger partial charge in [-0.25, -0.2) is 0 Å². The summed E-state index contributed by atoms with van der Waals surface area (Å²) in [4.78, 5) is 24.1. The van der Waals surface area contributed by atoms with Gasteiger partial charge in [-0.05, 0) is 19.2 Å². The number of rotatable bonds is 6. The molecular formula is C17H15ClF3N3O3. The number of halogens is 4. The molecule has 0 saturated heterocycles. The first-order valence-corrected chi connectivity index (χ1v) is 8.03. The first kappa shape index (κ1) is 20.7. The van der Waals surface area contributed by atoms with Gasteiger partial charge in [-0.2, -0.15) is 13.2 Å². The molecule has 1 N–H and O–H groups in total. The van der Waals surface area contributed by atoms with Crippen molar-refractivity contribution in [3.8, 4) is 0 Å². The van der Waals surface area contributed by atoms with E-state index in [0.717, 1.165) is 12.1 Å². The summed E-state index contributed by atoms with van der Waals surface area (Å²) in [7, 11) is 1.52. The maximum absolute atomic E-state index is 13.1. The zero-order valence-corrected chi connectivity index (χ0v) is 14.8. The molecule has 1 amide bonds. The second-order valence-corrected chi connectivity index (χ2v) is 6.17. The predicted octanol–water partition coefficient (Wildman–Crippen LogP) is 4.34. The van der Waals surface area contributed by atoms with Gasteiger partial charge in [0.25, 0.3) is 5.69 Å². The van der Waals surface area contributed by atoms with Crippen LogP contribution in [0.4, 0.5) is 24.5 Å². The second-order valence-electron chi connectivity index (χ2n) is 5.77. The molecule has 0 bridgehead atoms. The third-order valence-electron chi connectivity index (χ3n) is 3.63. The summed E-state index contributed by atoms with van der Waals surface area (Å²) in [6.45, 7) is -0.214. The number of nitro benzene ring substituents is 1. The zero-order chi connectivity index (χ0) is 20.2. The van der Waals surface area contributed by atoms with Gasteiger partial charge < -0.3 is 5.32 Å². The van der Waals surface area contributed by atoms with Gasteiger partial charge in [-0.1, -0.05) is 35.9 Å². The van der Waals surface area contributed by atoms with Crippen LogP contribution in [0.25, 0.3) is 0 Å². The predicted molar refractivity (Wildman–Crippen MR) is 94.5 cm³/mol. The minimum absolute atomic E-state index is 0.0687. The van der Waals surface area contributed by atoms with E-state index < -0.39 is 28.3 Å². The van der Waals surface area contributed by atoms with E-state index in [1.807, 2.05) is 0 Å². The van der Waals surface area contributed by atoms with Gasteiger partial charge >= 0.3 is 6.18 Å². The number of hydrogen-bond donors (Lipinski definition) is 1. The smallest absolute Gasteiger partial charge is 0.323 e. The van der Waals surface area contributed by atoms with Crippen LogP contribution in [0.2, 0.25) is 5.02 Å². The lowest BCUT2D eigenvalue weighted by atomic mass is 10.1. The van der Waals surface area contributed by atoms with Crippen molar-refractivity contribution in [2.24, 2.45) is 0 Å². The topological polar surface area (TPSA) is 75.5 Å². The van der Waals surface area contributed by atoms with Crippen molar-refractivity contribution in [3.05, 3.63) is 68.7 Å². The first-order valence-electron chi connectivity index (χ1n) is 7.66. The summed E-state index contributed by atoms with van der Waals surface area (Å²) in [5.74, 6) is -0.727. The zero-order valence-electron chi connectivity index (χ0n) is 14.1. The van der Waals surface area contributed by atoms with Crippen molar-refractivity contribution in [2.45, 2.75) is 12.7 Å². The fraction of sp³-hybridized carbons (Fsp3) is 0.235. The molecule has 10 heteroatoms. The fourth-order valence-corrected chi connectivity index (χ4v) is 2.70. The number of alkyl halides is 3. The highest BCUT2D eigenvalue weighted by atomic mass is 35.5. The lowest BCUT2D eigenvalue weighted by Crippen LogP contribution is -2.30. The van der Waals surface area contributed by atoms with Crippen LogP contribution in [-0.2, 0) is 17.5 Å². The average molecular weight is 402 g/mol. The van der Waals surface area contributed by atoms with Crippen molar-refractivity contribution in [3.63, 3.8) is 0 Å². The van der Waals surface area contributed by atoms with Crippen LogP contribution >= 0.6 is 11.6 Å². The molecule has 0 spiro atoms. The molecule has 0 heterocycles. The maximum Gasteiger partial charge on any atom is 0.418 e. The molecule has 0 radical (unpaired) electrons. The Morgan fingerprint density at radius 2 is 1.89 bits per heavy atom. The fourth-order valence-electron chi connectivity index (χ4n) is 2.48.